The Balaban J connectivity index is 4.03. The van der Waals surface area contributed by atoms with E-state index < -0.39 is 5.97 Å². The number of carbonyl (C=O) groups is 1. The van der Waals surface area contributed by atoms with E-state index in [-0.39, 0.29) is 24.2 Å². The summed E-state index contributed by atoms with van der Waals surface area (Å²) in [5.41, 5.74) is 0. The third-order valence-electron chi connectivity index (χ3n) is 3.61. The number of hydrogen-bond donors (Lipinski definition) is 3. The van der Waals surface area contributed by atoms with E-state index in [0.29, 0.717) is 32.8 Å². The number of allylic oxidation sites excluding steroid dienone is 2. The summed E-state index contributed by atoms with van der Waals surface area (Å²) in [4.78, 5) is 11.0. The van der Waals surface area contributed by atoms with E-state index in [0.717, 1.165) is 25.7 Å². The van der Waals surface area contributed by atoms with Crippen molar-refractivity contribution in [1.82, 2.24) is 0 Å². The molecule has 0 saturated heterocycles. The Morgan fingerprint density at radius 2 is 1.68 bits per heavy atom. The lowest BCUT2D eigenvalue weighted by molar-refractivity contribution is -0.922. The van der Waals surface area contributed by atoms with Gasteiger partial charge in [-0.05, 0) is 19.3 Å². The summed E-state index contributed by atoms with van der Waals surface area (Å²) in [5, 5.41) is 27.3. The minimum absolute atomic E-state index is 0.102. The number of rotatable bonds is 15. The molecule has 0 atom stereocenters. The minimum atomic E-state index is -0.928. The number of unbranched alkanes of at least 4 members (excludes halogenated alkanes) is 2. The number of aliphatic hydroxyl groups excluding tert-OH is 2. The fourth-order valence-corrected chi connectivity index (χ4v) is 2.35. The molecule has 0 rings (SSSR count). The van der Waals surface area contributed by atoms with E-state index >= 15 is 0 Å². The smallest absolute Gasteiger partial charge is 0.359 e. The first kappa shape index (κ1) is 21.0. The lowest BCUT2D eigenvalue weighted by Crippen LogP contribution is -2.56. The van der Waals surface area contributed by atoms with Gasteiger partial charge in [-0.3, -0.25) is 0 Å². The molecular weight excluding hydrogens is 286 g/mol. The van der Waals surface area contributed by atoms with Crippen LogP contribution in [0.3, 0.4) is 0 Å². The third kappa shape index (κ3) is 10.7. The Morgan fingerprint density at radius 1 is 1.05 bits per heavy atom. The molecule has 130 valence electrons. The molecule has 6 nitrogen and oxygen atoms in total. The van der Waals surface area contributed by atoms with Gasteiger partial charge in [0, 0.05) is 6.61 Å². The molecule has 0 heterocycles. The number of carboxylic acid groups (broad SMARTS) is 1. The van der Waals surface area contributed by atoms with Crippen molar-refractivity contribution in [2.45, 2.75) is 32.6 Å². The van der Waals surface area contributed by atoms with Gasteiger partial charge < -0.3 is 24.5 Å². The summed E-state index contributed by atoms with van der Waals surface area (Å²) >= 11 is 0. The number of ether oxygens (including phenoxy) is 1. The number of carboxylic acids is 1. The predicted octanol–water partition coefficient (Wildman–Crippen LogP) is 1.03. The summed E-state index contributed by atoms with van der Waals surface area (Å²) in [7, 11) is 0. The number of aliphatic carboxylic acids is 1. The van der Waals surface area contributed by atoms with E-state index in [9.17, 15) is 4.79 Å². The molecule has 0 aliphatic carbocycles. The molecular formula is C16H32NO5+. The Labute approximate surface area is 133 Å². The summed E-state index contributed by atoms with van der Waals surface area (Å²) in [6, 6.07) is 0. The van der Waals surface area contributed by atoms with Crippen LogP contribution in [0.4, 0.5) is 0 Å². The van der Waals surface area contributed by atoms with Gasteiger partial charge in [-0.1, -0.05) is 25.5 Å². The molecule has 0 saturated carbocycles. The van der Waals surface area contributed by atoms with Crippen LogP contribution in [-0.2, 0) is 9.53 Å². The van der Waals surface area contributed by atoms with Crippen molar-refractivity contribution in [3.05, 3.63) is 12.2 Å². The highest BCUT2D eigenvalue weighted by Gasteiger charge is 2.29. The molecule has 0 aliphatic heterocycles. The van der Waals surface area contributed by atoms with Gasteiger partial charge in [0.2, 0.25) is 0 Å². The second-order valence-electron chi connectivity index (χ2n) is 5.53. The van der Waals surface area contributed by atoms with Crippen molar-refractivity contribution in [2.75, 3.05) is 52.6 Å². The van der Waals surface area contributed by atoms with Crippen molar-refractivity contribution >= 4 is 5.97 Å². The van der Waals surface area contributed by atoms with Crippen LogP contribution in [0.5, 0.6) is 0 Å². The summed E-state index contributed by atoms with van der Waals surface area (Å²) in [6.45, 7) is 4.03. The van der Waals surface area contributed by atoms with Gasteiger partial charge in [0.15, 0.2) is 6.54 Å². The Bertz CT molecular complexity index is 301. The SMILES string of the molecule is CCC/C=C/CCCOCC[N+](CCO)(CCO)CC(=O)O. The lowest BCUT2D eigenvalue weighted by Gasteiger charge is -2.36. The molecule has 0 aromatic carbocycles. The molecule has 0 aromatic heterocycles. The van der Waals surface area contributed by atoms with Crippen molar-refractivity contribution in [2.24, 2.45) is 0 Å². The molecule has 0 aliphatic rings. The molecule has 6 heteroatoms. The zero-order valence-electron chi connectivity index (χ0n) is 13.7. The fourth-order valence-electron chi connectivity index (χ4n) is 2.35. The van der Waals surface area contributed by atoms with Gasteiger partial charge in [0.25, 0.3) is 0 Å². The standard InChI is InChI=1S/C16H31NO5/c1-2-3-4-5-6-7-13-22-14-10-17(8-11-18,9-12-19)15-16(20)21/h4-5,18-19H,2-3,6-15H2,1H3/p+1/b5-4+. The van der Waals surface area contributed by atoms with Gasteiger partial charge in [0.1, 0.15) is 19.6 Å². The zero-order valence-corrected chi connectivity index (χ0v) is 13.7. The van der Waals surface area contributed by atoms with Crippen LogP contribution in [0.15, 0.2) is 12.2 Å². The van der Waals surface area contributed by atoms with Crippen molar-refractivity contribution in [1.29, 1.82) is 0 Å². The highest BCUT2D eigenvalue weighted by Crippen LogP contribution is 2.06. The molecule has 22 heavy (non-hydrogen) atoms. The maximum absolute atomic E-state index is 11.0. The molecule has 0 fully saturated rings. The molecule has 0 radical (unpaired) electrons. The topological polar surface area (TPSA) is 87.0 Å². The quantitative estimate of drug-likeness (QED) is 0.238. The summed E-state index contributed by atoms with van der Waals surface area (Å²) in [6.07, 6.45) is 8.54. The molecule has 0 spiro atoms. The number of quaternary nitrogens is 1. The van der Waals surface area contributed by atoms with Crippen LogP contribution in [0, 0.1) is 0 Å². The van der Waals surface area contributed by atoms with Gasteiger partial charge in [-0.15, -0.1) is 0 Å². The van der Waals surface area contributed by atoms with E-state index in [4.69, 9.17) is 20.1 Å². The summed E-state index contributed by atoms with van der Waals surface area (Å²) in [5.74, 6) is -0.928. The van der Waals surface area contributed by atoms with Crippen LogP contribution in [0.1, 0.15) is 32.6 Å². The number of hydrogen-bond acceptors (Lipinski definition) is 4. The highest BCUT2D eigenvalue weighted by molar-refractivity contribution is 5.67. The molecule has 0 aromatic rings. The largest absolute Gasteiger partial charge is 0.477 e. The Hall–Kier alpha value is -0.950. The average Bonchev–Trinajstić information content (AvgIpc) is 2.45. The Morgan fingerprint density at radius 3 is 2.23 bits per heavy atom. The first-order valence-electron chi connectivity index (χ1n) is 8.11. The van der Waals surface area contributed by atoms with E-state index in [1.54, 1.807) is 0 Å². The minimum Gasteiger partial charge on any atom is -0.477 e. The van der Waals surface area contributed by atoms with Crippen LogP contribution >= 0.6 is 0 Å². The van der Waals surface area contributed by atoms with Crippen molar-refractivity contribution in [3.63, 3.8) is 0 Å². The van der Waals surface area contributed by atoms with E-state index in [1.165, 1.54) is 0 Å². The normalized spacial score (nSPS) is 12.1. The zero-order chi connectivity index (χ0) is 16.7. The van der Waals surface area contributed by atoms with Crippen LogP contribution < -0.4 is 0 Å². The van der Waals surface area contributed by atoms with E-state index in [2.05, 4.69) is 19.1 Å². The molecule has 0 amide bonds. The maximum atomic E-state index is 11.0. The molecule has 0 unspecified atom stereocenters. The first-order valence-corrected chi connectivity index (χ1v) is 8.11. The summed E-state index contributed by atoms with van der Waals surface area (Å²) < 4.78 is 5.72. The number of aliphatic hydroxyl groups is 2. The Kier molecular flexibility index (Phi) is 13.1. The predicted molar refractivity (Wildman–Crippen MR) is 85.6 cm³/mol. The van der Waals surface area contributed by atoms with Gasteiger partial charge in [0.05, 0.1) is 19.8 Å². The van der Waals surface area contributed by atoms with Crippen LogP contribution in [0.2, 0.25) is 0 Å². The number of nitrogens with zero attached hydrogens (tertiary/aromatic N) is 1. The second-order valence-corrected chi connectivity index (χ2v) is 5.53. The van der Waals surface area contributed by atoms with Crippen molar-refractivity contribution < 1.29 is 29.3 Å². The monoisotopic (exact) mass is 318 g/mol. The average molecular weight is 318 g/mol. The maximum Gasteiger partial charge on any atom is 0.359 e. The van der Waals surface area contributed by atoms with Gasteiger partial charge in [-0.2, -0.15) is 0 Å². The van der Waals surface area contributed by atoms with Crippen LogP contribution in [0.25, 0.3) is 0 Å². The highest BCUT2D eigenvalue weighted by atomic mass is 16.5. The van der Waals surface area contributed by atoms with E-state index in [1.807, 2.05) is 0 Å². The lowest BCUT2D eigenvalue weighted by atomic mass is 10.2. The second kappa shape index (κ2) is 13.7. The molecule has 0 bridgehead atoms. The van der Waals surface area contributed by atoms with Crippen LogP contribution in [-0.4, -0.2) is 78.4 Å². The third-order valence-corrected chi connectivity index (χ3v) is 3.61. The van der Waals surface area contributed by atoms with Gasteiger partial charge >= 0.3 is 5.97 Å². The fraction of sp³-hybridized carbons (Fsp3) is 0.812. The van der Waals surface area contributed by atoms with Crippen molar-refractivity contribution in [3.8, 4) is 0 Å². The van der Waals surface area contributed by atoms with Gasteiger partial charge in [-0.25, -0.2) is 4.79 Å². The first-order chi connectivity index (χ1) is 10.6. The molecule has 3 N–H and O–H groups in total.